The maximum Gasteiger partial charge on any atom is 0.263 e. The van der Waals surface area contributed by atoms with Gasteiger partial charge in [0.1, 0.15) is 0 Å². The van der Waals surface area contributed by atoms with Crippen molar-refractivity contribution >= 4 is 23.2 Å². The summed E-state index contributed by atoms with van der Waals surface area (Å²) in [4.78, 5) is 32.7. The number of nitrogens with zero attached hydrogens (tertiary/aromatic N) is 2. The first kappa shape index (κ1) is 19.3. The van der Waals surface area contributed by atoms with Crippen LogP contribution >= 0.6 is 11.3 Å². The van der Waals surface area contributed by atoms with Gasteiger partial charge in [-0.15, -0.1) is 11.3 Å². The molecule has 1 fully saturated rings. The zero-order valence-electron chi connectivity index (χ0n) is 16.2. The molecule has 0 bridgehead atoms. The molecule has 2 unspecified atom stereocenters. The number of carbonyl (C=O) groups is 2. The van der Waals surface area contributed by atoms with Crippen molar-refractivity contribution in [2.24, 2.45) is 5.92 Å². The molecule has 1 aliphatic heterocycles. The second kappa shape index (κ2) is 8.57. The Hall–Kier alpha value is -2.99. The number of pyridine rings is 1. The summed E-state index contributed by atoms with van der Waals surface area (Å²) in [7, 11) is 0. The molecule has 29 heavy (non-hydrogen) atoms. The van der Waals surface area contributed by atoms with Gasteiger partial charge < -0.3 is 10.2 Å². The molecule has 3 heterocycles. The van der Waals surface area contributed by atoms with Crippen LogP contribution in [-0.2, 0) is 11.3 Å². The van der Waals surface area contributed by atoms with Crippen LogP contribution in [0.1, 0.15) is 32.4 Å². The van der Waals surface area contributed by atoms with E-state index in [0.29, 0.717) is 24.5 Å². The van der Waals surface area contributed by atoms with Crippen LogP contribution in [0.4, 0.5) is 0 Å². The van der Waals surface area contributed by atoms with Crippen LogP contribution in [0.2, 0.25) is 0 Å². The van der Waals surface area contributed by atoms with Crippen LogP contribution in [0.15, 0.2) is 66.2 Å². The number of nitrogens with one attached hydrogen (secondary N) is 1. The van der Waals surface area contributed by atoms with Crippen molar-refractivity contribution in [3.05, 3.63) is 87.9 Å². The second-order valence-corrected chi connectivity index (χ2v) is 8.30. The lowest BCUT2D eigenvalue weighted by atomic mass is 9.88. The Bertz CT molecular complexity index is 971. The molecule has 0 spiro atoms. The van der Waals surface area contributed by atoms with E-state index in [4.69, 9.17) is 0 Å². The summed E-state index contributed by atoms with van der Waals surface area (Å²) in [6.07, 6.45) is 1.72. The van der Waals surface area contributed by atoms with Crippen LogP contribution in [0, 0.1) is 12.8 Å². The zero-order chi connectivity index (χ0) is 20.2. The van der Waals surface area contributed by atoms with Crippen molar-refractivity contribution in [1.82, 2.24) is 15.2 Å². The van der Waals surface area contributed by atoms with Gasteiger partial charge in [0.05, 0.1) is 23.0 Å². The number of likely N-dealkylation sites (tertiary alicyclic amines) is 1. The third-order valence-corrected chi connectivity index (χ3v) is 6.21. The third kappa shape index (κ3) is 4.38. The summed E-state index contributed by atoms with van der Waals surface area (Å²) in [6, 6.07) is 17.6. The molecule has 5 nitrogen and oxygen atoms in total. The van der Waals surface area contributed by atoms with Gasteiger partial charge in [-0.3, -0.25) is 14.6 Å². The monoisotopic (exact) mass is 405 g/mol. The smallest absolute Gasteiger partial charge is 0.263 e. The topological polar surface area (TPSA) is 62.3 Å². The number of carbonyl (C=O) groups excluding carboxylic acids is 2. The van der Waals surface area contributed by atoms with Gasteiger partial charge in [0, 0.05) is 25.2 Å². The van der Waals surface area contributed by atoms with E-state index in [-0.39, 0.29) is 23.7 Å². The van der Waals surface area contributed by atoms with Gasteiger partial charge in [0.15, 0.2) is 0 Å². The van der Waals surface area contributed by atoms with E-state index in [1.54, 1.807) is 11.1 Å². The van der Waals surface area contributed by atoms with Crippen molar-refractivity contribution in [2.45, 2.75) is 19.4 Å². The van der Waals surface area contributed by atoms with Crippen molar-refractivity contribution in [1.29, 1.82) is 0 Å². The molecular weight excluding hydrogens is 382 g/mol. The molecule has 6 heteroatoms. The lowest BCUT2D eigenvalue weighted by Crippen LogP contribution is -2.35. The quantitative estimate of drug-likeness (QED) is 0.705. The normalized spacial score (nSPS) is 18.6. The number of aryl methyl sites for hydroxylation is 1. The van der Waals surface area contributed by atoms with E-state index in [0.717, 1.165) is 11.3 Å². The highest BCUT2D eigenvalue weighted by Gasteiger charge is 2.40. The van der Waals surface area contributed by atoms with Crippen molar-refractivity contribution < 1.29 is 9.59 Å². The largest absolute Gasteiger partial charge is 0.350 e. The Labute approximate surface area is 174 Å². The molecule has 4 rings (SSSR count). The number of aromatic nitrogens is 1. The lowest BCUT2D eigenvalue weighted by molar-refractivity contribution is -0.125. The van der Waals surface area contributed by atoms with Crippen LogP contribution in [0.3, 0.4) is 0 Å². The highest BCUT2D eigenvalue weighted by Crippen LogP contribution is 2.34. The van der Waals surface area contributed by atoms with E-state index in [1.807, 2.05) is 42.6 Å². The number of rotatable bonds is 5. The van der Waals surface area contributed by atoms with Crippen LogP contribution in [0.5, 0.6) is 0 Å². The predicted octanol–water partition coefficient (Wildman–Crippen LogP) is 3.62. The minimum absolute atomic E-state index is 0.00265. The fourth-order valence-electron chi connectivity index (χ4n) is 3.75. The van der Waals surface area contributed by atoms with Crippen molar-refractivity contribution in [3.63, 3.8) is 0 Å². The van der Waals surface area contributed by atoms with Gasteiger partial charge >= 0.3 is 0 Å². The fraction of sp³-hybridized carbons (Fsp3) is 0.261. The Kier molecular flexibility index (Phi) is 5.71. The van der Waals surface area contributed by atoms with Gasteiger partial charge in [-0.1, -0.05) is 42.0 Å². The summed E-state index contributed by atoms with van der Waals surface area (Å²) in [6.45, 7) is 3.39. The summed E-state index contributed by atoms with van der Waals surface area (Å²) in [5, 5.41) is 4.91. The first-order valence-corrected chi connectivity index (χ1v) is 10.6. The summed E-state index contributed by atoms with van der Waals surface area (Å²) >= 11 is 1.43. The first-order chi connectivity index (χ1) is 14.1. The minimum atomic E-state index is -0.287. The second-order valence-electron chi connectivity index (χ2n) is 7.35. The van der Waals surface area contributed by atoms with Crippen LogP contribution in [0.25, 0.3) is 0 Å². The highest BCUT2D eigenvalue weighted by atomic mass is 32.1. The maximum absolute atomic E-state index is 13.0. The van der Waals surface area contributed by atoms with Crippen molar-refractivity contribution in [3.8, 4) is 0 Å². The number of thiophene rings is 1. The van der Waals surface area contributed by atoms with E-state index < -0.39 is 0 Å². The molecule has 1 aromatic carbocycles. The van der Waals surface area contributed by atoms with Crippen LogP contribution in [-0.4, -0.2) is 34.8 Å². The molecule has 1 N–H and O–H groups in total. The molecule has 0 radical (unpaired) electrons. The molecule has 2 atom stereocenters. The number of amides is 2. The van der Waals surface area contributed by atoms with Gasteiger partial charge in [0.2, 0.25) is 5.91 Å². The van der Waals surface area contributed by atoms with Crippen molar-refractivity contribution in [2.75, 3.05) is 13.1 Å². The molecule has 2 amide bonds. The van der Waals surface area contributed by atoms with E-state index in [1.165, 1.54) is 16.9 Å². The molecule has 1 aliphatic rings. The summed E-state index contributed by atoms with van der Waals surface area (Å²) in [5.41, 5.74) is 3.08. The van der Waals surface area contributed by atoms with Gasteiger partial charge in [0.25, 0.3) is 5.91 Å². The fourth-order valence-corrected chi connectivity index (χ4v) is 4.45. The van der Waals surface area contributed by atoms with E-state index >= 15 is 0 Å². The SMILES string of the molecule is Cc1ccc(C2CN(C(=O)c3cccs3)CC2C(=O)NCc2ccccn2)cc1. The van der Waals surface area contributed by atoms with E-state index in [2.05, 4.69) is 34.6 Å². The van der Waals surface area contributed by atoms with Gasteiger partial charge in [-0.05, 0) is 36.1 Å². The Morgan fingerprint density at radius 3 is 2.62 bits per heavy atom. The Morgan fingerprint density at radius 1 is 1.10 bits per heavy atom. The molecule has 2 aromatic heterocycles. The van der Waals surface area contributed by atoms with Gasteiger partial charge in [-0.2, -0.15) is 0 Å². The number of hydrogen-bond donors (Lipinski definition) is 1. The number of hydrogen-bond acceptors (Lipinski definition) is 4. The summed E-state index contributed by atoms with van der Waals surface area (Å²) < 4.78 is 0. The molecule has 0 aliphatic carbocycles. The average Bonchev–Trinajstić information content (AvgIpc) is 3.43. The Balaban J connectivity index is 1.53. The van der Waals surface area contributed by atoms with E-state index in [9.17, 15) is 9.59 Å². The molecule has 1 saturated heterocycles. The average molecular weight is 406 g/mol. The van der Waals surface area contributed by atoms with Crippen LogP contribution < -0.4 is 5.32 Å². The summed E-state index contributed by atoms with van der Waals surface area (Å²) in [5.74, 6) is -0.353. The minimum Gasteiger partial charge on any atom is -0.350 e. The molecule has 3 aromatic rings. The molecule has 0 saturated carbocycles. The number of benzene rings is 1. The third-order valence-electron chi connectivity index (χ3n) is 5.35. The maximum atomic E-state index is 13.0. The molecule has 148 valence electrons. The molecular formula is C23H23N3O2S. The highest BCUT2D eigenvalue weighted by molar-refractivity contribution is 7.12. The lowest BCUT2D eigenvalue weighted by Gasteiger charge is -2.18. The predicted molar refractivity (Wildman–Crippen MR) is 114 cm³/mol. The zero-order valence-corrected chi connectivity index (χ0v) is 17.1. The standard InChI is InChI=1S/C23H23N3O2S/c1-16-7-9-17(10-8-16)19-14-26(23(28)21-6-4-12-29-21)15-20(19)22(27)25-13-18-5-2-3-11-24-18/h2-12,19-20H,13-15H2,1H3,(H,25,27). The Morgan fingerprint density at radius 2 is 1.93 bits per heavy atom. The van der Waals surface area contributed by atoms with Gasteiger partial charge in [-0.25, -0.2) is 0 Å². The first-order valence-electron chi connectivity index (χ1n) is 9.69.